The van der Waals surface area contributed by atoms with E-state index in [2.05, 4.69) is 0 Å². The van der Waals surface area contributed by atoms with Crippen LogP contribution >= 0.6 is 0 Å². The summed E-state index contributed by atoms with van der Waals surface area (Å²) in [7, 11) is 3.16. The van der Waals surface area contributed by atoms with Gasteiger partial charge in [0.15, 0.2) is 11.5 Å². The average Bonchev–Trinajstić information content (AvgIpc) is 2.89. The number of carbonyl (C=O) groups excluding carboxylic acids is 1. The second-order valence-corrected chi connectivity index (χ2v) is 5.45. The molecule has 0 aliphatic heterocycles. The number of ketones is 1. The summed E-state index contributed by atoms with van der Waals surface area (Å²) in [5.74, 6) is 1.14. The molecule has 0 fully saturated rings. The molecule has 0 amide bonds. The van der Waals surface area contributed by atoms with Crippen LogP contribution in [0.3, 0.4) is 0 Å². The van der Waals surface area contributed by atoms with E-state index >= 15 is 0 Å². The van der Waals surface area contributed by atoms with Crippen molar-refractivity contribution in [3.63, 3.8) is 0 Å². The van der Waals surface area contributed by atoms with Gasteiger partial charge in [-0.25, -0.2) is 0 Å². The van der Waals surface area contributed by atoms with Gasteiger partial charge in [-0.1, -0.05) is 36.4 Å². The first-order valence-electron chi connectivity index (χ1n) is 7.29. The standard InChI is InChI=1S/C19H15NO3/c1-22-13-9-5-8-12-14(13)16-15(18(12)21)10-6-3-4-7-11(10)17(20)19(16)23-2/h3-9H,20H2,1-2H3. The molecule has 1 aliphatic rings. The predicted molar refractivity (Wildman–Crippen MR) is 90.3 cm³/mol. The predicted octanol–water partition coefficient (Wildman–Crippen LogP) is 3.65. The number of hydrogen-bond donors (Lipinski definition) is 1. The first-order chi connectivity index (χ1) is 11.2. The highest BCUT2D eigenvalue weighted by Crippen LogP contribution is 2.52. The summed E-state index contributed by atoms with van der Waals surface area (Å²) in [6.45, 7) is 0. The van der Waals surface area contributed by atoms with Gasteiger partial charge in [0.25, 0.3) is 0 Å². The van der Waals surface area contributed by atoms with Gasteiger partial charge in [-0.05, 0) is 11.5 Å². The maximum atomic E-state index is 13.0. The second-order valence-electron chi connectivity index (χ2n) is 5.45. The van der Waals surface area contributed by atoms with Gasteiger partial charge < -0.3 is 15.2 Å². The van der Waals surface area contributed by atoms with Crippen molar-refractivity contribution in [1.29, 1.82) is 0 Å². The highest BCUT2D eigenvalue weighted by Gasteiger charge is 2.35. The third-order valence-corrected chi connectivity index (χ3v) is 4.38. The Hall–Kier alpha value is -3.01. The number of benzene rings is 3. The van der Waals surface area contributed by atoms with Crippen LogP contribution in [0.25, 0.3) is 21.9 Å². The lowest BCUT2D eigenvalue weighted by atomic mass is 9.96. The minimum Gasteiger partial charge on any atom is -0.496 e. The van der Waals surface area contributed by atoms with Crippen molar-refractivity contribution in [1.82, 2.24) is 0 Å². The van der Waals surface area contributed by atoms with Crippen molar-refractivity contribution in [2.24, 2.45) is 0 Å². The van der Waals surface area contributed by atoms with E-state index in [1.165, 1.54) is 0 Å². The van der Waals surface area contributed by atoms with E-state index < -0.39 is 0 Å². The molecule has 0 spiro atoms. The molecule has 4 nitrogen and oxygen atoms in total. The first kappa shape index (κ1) is 13.6. The largest absolute Gasteiger partial charge is 0.496 e. The number of rotatable bonds is 2. The topological polar surface area (TPSA) is 61.6 Å². The highest BCUT2D eigenvalue weighted by molar-refractivity contribution is 6.30. The molecule has 0 aromatic heterocycles. The molecule has 0 saturated carbocycles. The Morgan fingerprint density at radius 2 is 1.57 bits per heavy atom. The van der Waals surface area contributed by atoms with Crippen molar-refractivity contribution >= 4 is 22.2 Å². The number of carbonyl (C=O) groups is 1. The molecular formula is C19H15NO3. The van der Waals surface area contributed by atoms with E-state index in [1.54, 1.807) is 14.2 Å². The maximum absolute atomic E-state index is 13.0. The van der Waals surface area contributed by atoms with E-state index in [0.717, 1.165) is 21.9 Å². The third-order valence-electron chi connectivity index (χ3n) is 4.38. The Bertz CT molecular complexity index is 976. The number of hydrogen-bond acceptors (Lipinski definition) is 4. The average molecular weight is 305 g/mol. The summed E-state index contributed by atoms with van der Waals surface area (Å²) in [5.41, 5.74) is 9.58. The smallest absolute Gasteiger partial charge is 0.195 e. The van der Waals surface area contributed by atoms with Crippen molar-refractivity contribution < 1.29 is 14.3 Å². The van der Waals surface area contributed by atoms with E-state index in [-0.39, 0.29) is 5.78 Å². The molecule has 0 bridgehead atoms. The molecule has 0 heterocycles. The summed E-state index contributed by atoms with van der Waals surface area (Å²) in [6, 6.07) is 13.1. The fraction of sp³-hybridized carbons (Fsp3) is 0.105. The SMILES string of the molecule is COc1cccc2c1-c1c(OC)c(N)c3ccccc3c1C2=O. The Balaban J connectivity index is 2.25. The van der Waals surface area contributed by atoms with Crippen LogP contribution in [0.1, 0.15) is 15.9 Å². The molecular weight excluding hydrogens is 290 g/mol. The summed E-state index contributed by atoms with van der Waals surface area (Å²) >= 11 is 0. The van der Waals surface area contributed by atoms with E-state index in [0.29, 0.717) is 28.3 Å². The van der Waals surface area contributed by atoms with Crippen LogP contribution in [0, 0.1) is 0 Å². The summed E-state index contributed by atoms with van der Waals surface area (Å²) < 4.78 is 11.0. The minimum atomic E-state index is -0.0246. The van der Waals surface area contributed by atoms with Gasteiger partial charge >= 0.3 is 0 Å². The van der Waals surface area contributed by atoms with Crippen LogP contribution in [0.2, 0.25) is 0 Å². The van der Waals surface area contributed by atoms with Gasteiger partial charge in [-0.3, -0.25) is 4.79 Å². The quantitative estimate of drug-likeness (QED) is 0.574. The summed E-state index contributed by atoms with van der Waals surface area (Å²) in [6.07, 6.45) is 0. The van der Waals surface area contributed by atoms with Crippen LogP contribution < -0.4 is 15.2 Å². The zero-order chi connectivity index (χ0) is 16.1. The summed E-state index contributed by atoms with van der Waals surface area (Å²) in [5, 5.41) is 1.66. The zero-order valence-corrected chi connectivity index (χ0v) is 12.8. The van der Waals surface area contributed by atoms with Crippen LogP contribution in [-0.2, 0) is 0 Å². The molecule has 4 heteroatoms. The Morgan fingerprint density at radius 3 is 2.26 bits per heavy atom. The van der Waals surface area contributed by atoms with Crippen molar-refractivity contribution in [3.05, 3.63) is 53.6 Å². The Kier molecular flexibility index (Phi) is 2.81. The number of ether oxygens (including phenoxy) is 2. The van der Waals surface area contributed by atoms with Gasteiger partial charge in [-0.2, -0.15) is 0 Å². The number of nitrogens with two attached hydrogens (primary N) is 1. The highest BCUT2D eigenvalue weighted by atomic mass is 16.5. The first-order valence-corrected chi connectivity index (χ1v) is 7.29. The fourth-order valence-corrected chi connectivity index (χ4v) is 3.41. The number of methoxy groups -OCH3 is 2. The minimum absolute atomic E-state index is 0.0246. The second kappa shape index (κ2) is 4.74. The Labute approximate surface area is 133 Å². The van der Waals surface area contributed by atoms with Crippen LogP contribution in [-0.4, -0.2) is 20.0 Å². The molecule has 0 saturated heterocycles. The molecule has 114 valence electrons. The van der Waals surface area contributed by atoms with E-state index in [9.17, 15) is 4.79 Å². The number of anilines is 1. The van der Waals surface area contributed by atoms with Gasteiger partial charge in [0.05, 0.1) is 19.9 Å². The monoisotopic (exact) mass is 305 g/mol. The molecule has 0 atom stereocenters. The molecule has 4 rings (SSSR count). The molecule has 3 aromatic rings. The third kappa shape index (κ3) is 1.63. The fourth-order valence-electron chi connectivity index (χ4n) is 3.41. The maximum Gasteiger partial charge on any atom is 0.195 e. The molecule has 1 aliphatic carbocycles. The Morgan fingerprint density at radius 1 is 0.826 bits per heavy atom. The van der Waals surface area contributed by atoms with Crippen molar-refractivity contribution in [3.8, 4) is 22.6 Å². The van der Waals surface area contributed by atoms with Gasteiger partial charge in [0.1, 0.15) is 5.75 Å². The van der Waals surface area contributed by atoms with Crippen LogP contribution in [0.4, 0.5) is 5.69 Å². The zero-order valence-electron chi connectivity index (χ0n) is 12.8. The molecule has 0 radical (unpaired) electrons. The van der Waals surface area contributed by atoms with Gasteiger partial charge in [0.2, 0.25) is 0 Å². The molecule has 3 aromatic carbocycles. The lowest BCUT2D eigenvalue weighted by Gasteiger charge is -2.15. The van der Waals surface area contributed by atoms with Gasteiger partial charge in [0, 0.05) is 27.6 Å². The normalized spacial score (nSPS) is 12.2. The summed E-state index contributed by atoms with van der Waals surface area (Å²) in [4.78, 5) is 13.0. The van der Waals surface area contributed by atoms with Crippen molar-refractivity contribution in [2.45, 2.75) is 0 Å². The lowest BCUT2D eigenvalue weighted by molar-refractivity contribution is 0.104. The molecule has 2 N–H and O–H groups in total. The number of nitrogen functional groups attached to an aromatic ring is 1. The van der Waals surface area contributed by atoms with Crippen LogP contribution in [0.15, 0.2) is 42.5 Å². The number of fused-ring (bicyclic) bond motifs is 5. The van der Waals surface area contributed by atoms with Crippen molar-refractivity contribution in [2.75, 3.05) is 20.0 Å². The van der Waals surface area contributed by atoms with E-state index in [1.807, 2.05) is 42.5 Å². The lowest BCUT2D eigenvalue weighted by Crippen LogP contribution is -2.01. The van der Waals surface area contributed by atoms with Crippen LogP contribution in [0.5, 0.6) is 11.5 Å². The van der Waals surface area contributed by atoms with E-state index in [4.69, 9.17) is 15.2 Å². The molecule has 23 heavy (non-hydrogen) atoms. The molecule has 0 unspecified atom stereocenters. The van der Waals surface area contributed by atoms with Gasteiger partial charge in [-0.15, -0.1) is 0 Å².